The molecule has 0 saturated heterocycles. The van der Waals surface area contributed by atoms with Crippen LogP contribution in [0.3, 0.4) is 0 Å². The summed E-state index contributed by atoms with van der Waals surface area (Å²) in [4.78, 5) is 25.4. The van der Waals surface area contributed by atoms with Crippen LogP contribution in [0.5, 0.6) is 0 Å². The first-order valence-corrected chi connectivity index (χ1v) is 9.78. The molecule has 0 unspecified atom stereocenters. The van der Waals surface area contributed by atoms with Crippen molar-refractivity contribution in [2.24, 2.45) is 0 Å². The molecule has 0 aliphatic rings. The van der Waals surface area contributed by atoms with Crippen molar-refractivity contribution in [3.63, 3.8) is 0 Å². The molecule has 2 aromatic carbocycles. The van der Waals surface area contributed by atoms with Crippen molar-refractivity contribution in [2.45, 2.75) is 45.6 Å². The van der Waals surface area contributed by atoms with E-state index in [1.807, 2.05) is 39.0 Å². The number of fused-ring (bicyclic) bond motifs is 1. The van der Waals surface area contributed by atoms with Gasteiger partial charge in [0.2, 0.25) is 5.91 Å². The smallest absolute Gasteiger partial charge is 0.274 e. The molecule has 152 valence electrons. The Balaban J connectivity index is 1.86. The normalized spacial score (nSPS) is 12.7. The van der Waals surface area contributed by atoms with Crippen molar-refractivity contribution < 1.29 is 9.18 Å². The number of rotatable bonds is 6. The van der Waals surface area contributed by atoms with E-state index >= 15 is 0 Å². The first kappa shape index (κ1) is 20.7. The Kier molecular flexibility index (Phi) is 5.82. The van der Waals surface area contributed by atoms with Crippen LogP contribution >= 0.6 is 0 Å². The molecule has 3 aromatic rings. The molecular weight excluding hydrogens is 369 g/mol. The minimum Gasteiger partial charge on any atom is -0.355 e. The number of nitrogens with zero attached hydrogens (tertiary/aromatic N) is 2. The maximum atomic E-state index is 13.6. The highest BCUT2D eigenvalue weighted by molar-refractivity contribution is 5.91. The Morgan fingerprint density at radius 2 is 1.86 bits per heavy atom. The quantitative estimate of drug-likeness (QED) is 0.691. The lowest BCUT2D eigenvalue weighted by atomic mass is 9.84. The number of benzene rings is 2. The fourth-order valence-corrected chi connectivity index (χ4v) is 3.39. The van der Waals surface area contributed by atoms with Crippen LogP contribution in [0.25, 0.3) is 10.8 Å². The highest BCUT2D eigenvalue weighted by Crippen LogP contribution is 2.25. The zero-order chi connectivity index (χ0) is 21.2. The van der Waals surface area contributed by atoms with Gasteiger partial charge in [-0.05, 0) is 37.6 Å². The molecule has 0 spiro atoms. The number of hydrogen-bond acceptors (Lipinski definition) is 3. The summed E-state index contributed by atoms with van der Waals surface area (Å²) in [5, 5.41) is 8.66. The predicted molar refractivity (Wildman–Crippen MR) is 113 cm³/mol. The van der Waals surface area contributed by atoms with Crippen molar-refractivity contribution >= 4 is 16.7 Å². The van der Waals surface area contributed by atoms with Gasteiger partial charge in [-0.1, -0.05) is 44.2 Å². The Morgan fingerprint density at radius 3 is 2.52 bits per heavy atom. The van der Waals surface area contributed by atoms with Crippen molar-refractivity contribution in [3.8, 4) is 0 Å². The minimum atomic E-state index is -0.540. The van der Waals surface area contributed by atoms with Gasteiger partial charge in [0.15, 0.2) is 0 Å². The molecule has 1 aromatic heterocycles. The number of halogens is 1. The van der Waals surface area contributed by atoms with Gasteiger partial charge in [-0.15, -0.1) is 0 Å². The maximum Gasteiger partial charge on any atom is 0.274 e. The summed E-state index contributed by atoms with van der Waals surface area (Å²) in [5.41, 5.74) is 0.790. The van der Waals surface area contributed by atoms with Crippen LogP contribution in [0.2, 0.25) is 0 Å². The van der Waals surface area contributed by atoms with Crippen molar-refractivity contribution in [3.05, 3.63) is 76.0 Å². The number of nitrogens with one attached hydrogen (secondary N) is 1. The molecule has 0 fully saturated rings. The summed E-state index contributed by atoms with van der Waals surface area (Å²) < 4.78 is 15.0. The van der Waals surface area contributed by atoms with Crippen molar-refractivity contribution in [2.75, 3.05) is 6.54 Å². The topological polar surface area (TPSA) is 64.0 Å². The third-order valence-corrected chi connectivity index (χ3v) is 5.31. The number of carbonyl (C=O) groups is 1. The molecule has 0 aliphatic heterocycles. The molecule has 0 saturated carbocycles. The van der Waals surface area contributed by atoms with Gasteiger partial charge in [0.1, 0.15) is 5.82 Å². The predicted octanol–water partition coefficient (Wildman–Crippen LogP) is 3.75. The SMILES string of the molecule is CCn1nc([C@H](C)C(=O)NCC(C)(C)c2cccc(F)c2)c2ccccc2c1=O. The molecular formula is C23H26FN3O2. The fourth-order valence-electron chi connectivity index (χ4n) is 3.39. The first-order chi connectivity index (χ1) is 13.7. The first-order valence-electron chi connectivity index (χ1n) is 9.78. The van der Waals surface area contributed by atoms with E-state index in [2.05, 4.69) is 10.4 Å². The van der Waals surface area contributed by atoms with Crippen LogP contribution in [-0.4, -0.2) is 22.2 Å². The third-order valence-electron chi connectivity index (χ3n) is 5.31. The lowest BCUT2D eigenvalue weighted by Gasteiger charge is -2.26. The van der Waals surface area contributed by atoms with Crippen LogP contribution < -0.4 is 10.9 Å². The molecule has 0 aliphatic carbocycles. The van der Waals surface area contributed by atoms with Crippen LogP contribution in [0, 0.1) is 5.82 Å². The summed E-state index contributed by atoms with van der Waals surface area (Å²) in [7, 11) is 0. The standard InChI is InChI=1S/C23H26FN3O2/c1-5-27-22(29)19-12-7-6-11-18(19)20(26-27)15(2)21(28)25-14-23(3,4)16-9-8-10-17(24)13-16/h6-13,15H,5,14H2,1-4H3,(H,25,28)/t15-/m0/s1. The van der Waals surface area contributed by atoms with E-state index in [0.29, 0.717) is 29.6 Å². The number of amides is 1. The minimum absolute atomic E-state index is 0.160. The number of carbonyl (C=O) groups excluding carboxylic acids is 1. The van der Waals surface area contributed by atoms with Crippen molar-refractivity contribution in [1.82, 2.24) is 15.1 Å². The lowest BCUT2D eigenvalue weighted by molar-refractivity contribution is -0.122. The largest absolute Gasteiger partial charge is 0.355 e. The van der Waals surface area contributed by atoms with Gasteiger partial charge >= 0.3 is 0 Å². The second-order valence-corrected chi connectivity index (χ2v) is 7.89. The average Bonchev–Trinajstić information content (AvgIpc) is 2.72. The molecule has 1 N–H and O–H groups in total. The maximum absolute atomic E-state index is 13.6. The van der Waals surface area contributed by atoms with Gasteiger partial charge < -0.3 is 5.32 Å². The van der Waals surface area contributed by atoms with E-state index in [4.69, 9.17) is 0 Å². The van der Waals surface area contributed by atoms with Crippen LogP contribution in [0.15, 0.2) is 53.3 Å². The second kappa shape index (κ2) is 8.15. The molecule has 1 heterocycles. The van der Waals surface area contributed by atoms with Gasteiger partial charge in [0, 0.05) is 23.9 Å². The van der Waals surface area contributed by atoms with Crippen LogP contribution in [0.4, 0.5) is 4.39 Å². The summed E-state index contributed by atoms with van der Waals surface area (Å²) in [5.74, 6) is -1.03. The number of aryl methyl sites for hydroxylation is 1. The zero-order valence-electron chi connectivity index (χ0n) is 17.2. The highest BCUT2D eigenvalue weighted by atomic mass is 19.1. The second-order valence-electron chi connectivity index (χ2n) is 7.89. The molecule has 3 rings (SSSR count). The number of hydrogen-bond donors (Lipinski definition) is 1. The lowest BCUT2D eigenvalue weighted by Crippen LogP contribution is -2.39. The average molecular weight is 395 g/mol. The van der Waals surface area contributed by atoms with Crippen LogP contribution in [0.1, 0.15) is 44.9 Å². The summed E-state index contributed by atoms with van der Waals surface area (Å²) in [6.07, 6.45) is 0. The summed E-state index contributed by atoms with van der Waals surface area (Å²) in [6.45, 7) is 8.32. The van der Waals surface area contributed by atoms with Gasteiger partial charge in [-0.3, -0.25) is 9.59 Å². The Morgan fingerprint density at radius 1 is 1.17 bits per heavy atom. The van der Waals surface area contributed by atoms with Crippen LogP contribution in [-0.2, 0) is 16.8 Å². The number of aromatic nitrogens is 2. The molecule has 6 heteroatoms. The molecule has 1 amide bonds. The van der Waals surface area contributed by atoms with E-state index in [-0.39, 0.29) is 17.3 Å². The zero-order valence-corrected chi connectivity index (χ0v) is 17.2. The van der Waals surface area contributed by atoms with E-state index in [0.717, 1.165) is 5.56 Å². The van der Waals surface area contributed by atoms with Gasteiger partial charge in [-0.2, -0.15) is 5.10 Å². The molecule has 29 heavy (non-hydrogen) atoms. The molecule has 1 atom stereocenters. The molecule has 0 bridgehead atoms. The highest BCUT2D eigenvalue weighted by Gasteiger charge is 2.26. The molecule has 0 radical (unpaired) electrons. The third kappa shape index (κ3) is 4.21. The van der Waals surface area contributed by atoms with E-state index in [9.17, 15) is 14.0 Å². The van der Waals surface area contributed by atoms with Gasteiger partial charge in [0.25, 0.3) is 5.56 Å². The Bertz CT molecular complexity index is 1100. The van der Waals surface area contributed by atoms with Gasteiger partial charge in [0.05, 0.1) is 17.0 Å². The molecule has 5 nitrogen and oxygen atoms in total. The van der Waals surface area contributed by atoms with E-state index < -0.39 is 11.3 Å². The monoisotopic (exact) mass is 395 g/mol. The Labute approximate surface area is 169 Å². The Hall–Kier alpha value is -3.02. The van der Waals surface area contributed by atoms with E-state index in [1.165, 1.54) is 16.8 Å². The van der Waals surface area contributed by atoms with Crippen molar-refractivity contribution in [1.29, 1.82) is 0 Å². The van der Waals surface area contributed by atoms with Gasteiger partial charge in [-0.25, -0.2) is 9.07 Å². The fraction of sp³-hybridized carbons (Fsp3) is 0.348. The summed E-state index contributed by atoms with van der Waals surface area (Å²) in [6, 6.07) is 13.6. The summed E-state index contributed by atoms with van der Waals surface area (Å²) >= 11 is 0. The van der Waals surface area contributed by atoms with E-state index in [1.54, 1.807) is 25.1 Å².